The molecule has 0 spiro atoms. The van der Waals surface area contributed by atoms with Gasteiger partial charge in [-0.1, -0.05) is 13.0 Å². The molecule has 3 rings (SSSR count). The van der Waals surface area contributed by atoms with Crippen molar-refractivity contribution in [2.24, 2.45) is 5.92 Å². The molecule has 1 aliphatic heterocycles. The Morgan fingerprint density at radius 1 is 1.29 bits per heavy atom. The van der Waals surface area contributed by atoms with Gasteiger partial charge in [0.2, 0.25) is 5.91 Å². The third kappa shape index (κ3) is 4.35. The number of hydrogen-bond donors (Lipinski definition) is 1. The number of likely N-dealkylation sites (tertiary alicyclic amines) is 1. The molecule has 1 N–H and O–H groups in total. The predicted molar refractivity (Wildman–Crippen MR) is 108 cm³/mol. The van der Waals surface area contributed by atoms with Crippen molar-refractivity contribution >= 4 is 17.6 Å². The molecule has 7 nitrogen and oxygen atoms in total. The number of aromatic nitrogens is 2. The Labute approximate surface area is 165 Å². The molecule has 0 saturated carbocycles. The number of ether oxygens (including phenoxy) is 1. The van der Waals surface area contributed by atoms with Crippen LogP contribution >= 0.6 is 0 Å². The van der Waals surface area contributed by atoms with Crippen LogP contribution in [-0.4, -0.2) is 46.7 Å². The average Bonchev–Trinajstić information content (AvgIpc) is 3.07. The van der Waals surface area contributed by atoms with E-state index < -0.39 is 0 Å². The fourth-order valence-electron chi connectivity index (χ4n) is 3.53. The maximum absolute atomic E-state index is 12.7. The normalized spacial score (nSPS) is 14.8. The van der Waals surface area contributed by atoms with Gasteiger partial charge in [0.05, 0.1) is 13.3 Å². The van der Waals surface area contributed by atoms with Gasteiger partial charge in [-0.2, -0.15) is 5.10 Å². The van der Waals surface area contributed by atoms with Crippen molar-refractivity contribution in [1.29, 1.82) is 0 Å². The van der Waals surface area contributed by atoms with Crippen LogP contribution in [0.25, 0.3) is 0 Å². The van der Waals surface area contributed by atoms with Gasteiger partial charge in [0.1, 0.15) is 11.6 Å². The van der Waals surface area contributed by atoms with Crippen LogP contribution in [0.4, 0.5) is 5.82 Å². The molecule has 1 aromatic heterocycles. The molecule has 2 aromatic rings. The highest BCUT2D eigenvalue weighted by Gasteiger charge is 2.28. The lowest BCUT2D eigenvalue weighted by Gasteiger charge is -2.31. The van der Waals surface area contributed by atoms with E-state index in [1.807, 2.05) is 28.6 Å². The standard InChI is InChI=1S/C21H28N4O3/c1-4-10-25-19(15(2)14-22-25)23-20(26)16-8-11-24(12-9-16)21(27)17-6-5-7-18(13-17)28-3/h5-7,13-14,16H,4,8-12H2,1-3H3,(H,23,26). The molecule has 1 aliphatic rings. The Balaban J connectivity index is 1.58. The molecule has 0 atom stereocenters. The number of nitrogens with zero attached hydrogens (tertiary/aromatic N) is 3. The summed E-state index contributed by atoms with van der Waals surface area (Å²) in [4.78, 5) is 27.3. The van der Waals surface area contributed by atoms with Gasteiger partial charge in [-0.15, -0.1) is 0 Å². The number of piperidine rings is 1. The van der Waals surface area contributed by atoms with Gasteiger partial charge in [-0.05, 0) is 44.4 Å². The summed E-state index contributed by atoms with van der Waals surface area (Å²) in [5, 5.41) is 7.37. The zero-order valence-corrected chi connectivity index (χ0v) is 16.8. The molecule has 1 saturated heterocycles. The largest absolute Gasteiger partial charge is 0.497 e. The molecule has 2 heterocycles. The summed E-state index contributed by atoms with van der Waals surface area (Å²) >= 11 is 0. The summed E-state index contributed by atoms with van der Waals surface area (Å²) in [6.07, 6.45) is 4.04. The van der Waals surface area contributed by atoms with Gasteiger partial charge in [-0.3, -0.25) is 9.59 Å². The number of aryl methyl sites for hydroxylation is 2. The minimum Gasteiger partial charge on any atom is -0.497 e. The summed E-state index contributed by atoms with van der Waals surface area (Å²) in [7, 11) is 1.59. The van der Waals surface area contributed by atoms with Crippen molar-refractivity contribution < 1.29 is 14.3 Å². The van der Waals surface area contributed by atoms with Gasteiger partial charge < -0.3 is 15.0 Å². The molecule has 0 aliphatic carbocycles. The topological polar surface area (TPSA) is 76.5 Å². The lowest BCUT2D eigenvalue weighted by molar-refractivity contribution is -0.121. The fraction of sp³-hybridized carbons (Fsp3) is 0.476. The van der Waals surface area contributed by atoms with Crippen LogP contribution in [0.15, 0.2) is 30.5 Å². The average molecular weight is 384 g/mol. The lowest BCUT2D eigenvalue weighted by atomic mass is 9.95. The van der Waals surface area contributed by atoms with Crippen LogP contribution in [0.5, 0.6) is 5.75 Å². The highest BCUT2D eigenvalue weighted by Crippen LogP contribution is 2.23. The van der Waals surface area contributed by atoms with E-state index in [0.717, 1.165) is 24.3 Å². The van der Waals surface area contributed by atoms with Crippen LogP contribution in [0, 0.1) is 12.8 Å². The van der Waals surface area contributed by atoms with E-state index in [9.17, 15) is 9.59 Å². The minimum absolute atomic E-state index is 0.00873. The third-order valence-electron chi connectivity index (χ3n) is 5.17. The van der Waals surface area contributed by atoms with Gasteiger partial charge in [-0.25, -0.2) is 4.68 Å². The quantitative estimate of drug-likeness (QED) is 0.830. The van der Waals surface area contributed by atoms with E-state index in [1.54, 1.807) is 25.4 Å². The van der Waals surface area contributed by atoms with E-state index in [1.165, 1.54) is 0 Å². The second kappa shape index (κ2) is 8.91. The molecular weight excluding hydrogens is 356 g/mol. The maximum Gasteiger partial charge on any atom is 0.253 e. The lowest BCUT2D eigenvalue weighted by Crippen LogP contribution is -2.41. The summed E-state index contributed by atoms with van der Waals surface area (Å²) in [5.41, 5.74) is 1.58. The van der Waals surface area contributed by atoms with Crippen LogP contribution in [0.2, 0.25) is 0 Å². The first kappa shape index (κ1) is 19.9. The van der Waals surface area contributed by atoms with Crippen molar-refractivity contribution in [2.45, 2.75) is 39.7 Å². The van der Waals surface area contributed by atoms with Gasteiger partial charge in [0.15, 0.2) is 0 Å². The zero-order chi connectivity index (χ0) is 20.1. The van der Waals surface area contributed by atoms with Gasteiger partial charge in [0.25, 0.3) is 5.91 Å². The van der Waals surface area contributed by atoms with Crippen LogP contribution in [0.1, 0.15) is 42.1 Å². The fourth-order valence-corrected chi connectivity index (χ4v) is 3.53. The second-order valence-electron chi connectivity index (χ2n) is 7.19. The molecule has 2 amide bonds. The Kier molecular flexibility index (Phi) is 6.34. The van der Waals surface area contributed by atoms with Crippen molar-refractivity contribution in [2.75, 3.05) is 25.5 Å². The summed E-state index contributed by atoms with van der Waals surface area (Å²) < 4.78 is 7.04. The molecule has 28 heavy (non-hydrogen) atoms. The molecule has 0 bridgehead atoms. The summed E-state index contributed by atoms with van der Waals surface area (Å²) in [5.74, 6) is 1.34. The highest BCUT2D eigenvalue weighted by molar-refractivity contribution is 5.95. The molecule has 0 radical (unpaired) electrons. The second-order valence-corrected chi connectivity index (χ2v) is 7.19. The third-order valence-corrected chi connectivity index (χ3v) is 5.17. The Hall–Kier alpha value is -2.83. The first-order chi connectivity index (χ1) is 13.5. The monoisotopic (exact) mass is 384 g/mol. The predicted octanol–water partition coefficient (Wildman–Crippen LogP) is 3.10. The number of rotatable bonds is 6. The van der Waals surface area contributed by atoms with Crippen molar-refractivity contribution in [1.82, 2.24) is 14.7 Å². The number of nitrogens with one attached hydrogen (secondary N) is 1. The Bertz CT molecular complexity index is 838. The Morgan fingerprint density at radius 2 is 2.04 bits per heavy atom. The molecule has 7 heteroatoms. The summed E-state index contributed by atoms with van der Waals surface area (Å²) in [6, 6.07) is 7.17. The van der Waals surface area contributed by atoms with E-state index in [2.05, 4.69) is 17.3 Å². The number of anilines is 1. The van der Waals surface area contributed by atoms with E-state index in [-0.39, 0.29) is 17.7 Å². The molecular formula is C21H28N4O3. The number of methoxy groups -OCH3 is 1. The zero-order valence-electron chi connectivity index (χ0n) is 16.8. The number of amides is 2. The first-order valence-corrected chi connectivity index (χ1v) is 9.80. The van der Waals surface area contributed by atoms with E-state index >= 15 is 0 Å². The van der Waals surface area contributed by atoms with Crippen molar-refractivity contribution in [3.8, 4) is 5.75 Å². The van der Waals surface area contributed by atoms with Crippen molar-refractivity contribution in [3.63, 3.8) is 0 Å². The van der Waals surface area contributed by atoms with Crippen LogP contribution in [0.3, 0.4) is 0 Å². The SMILES string of the molecule is CCCn1ncc(C)c1NC(=O)C1CCN(C(=O)c2cccc(OC)c2)CC1. The number of benzene rings is 1. The van der Waals surface area contributed by atoms with Crippen LogP contribution < -0.4 is 10.1 Å². The smallest absolute Gasteiger partial charge is 0.253 e. The first-order valence-electron chi connectivity index (χ1n) is 9.80. The van der Waals surface area contributed by atoms with E-state index in [0.29, 0.717) is 37.2 Å². The van der Waals surface area contributed by atoms with Gasteiger partial charge >= 0.3 is 0 Å². The highest BCUT2D eigenvalue weighted by atomic mass is 16.5. The number of carbonyl (C=O) groups is 2. The number of hydrogen-bond acceptors (Lipinski definition) is 4. The molecule has 150 valence electrons. The van der Waals surface area contributed by atoms with Gasteiger partial charge in [0, 0.05) is 36.7 Å². The number of carbonyl (C=O) groups excluding carboxylic acids is 2. The van der Waals surface area contributed by atoms with E-state index in [4.69, 9.17) is 4.74 Å². The molecule has 0 unspecified atom stereocenters. The molecule has 1 fully saturated rings. The minimum atomic E-state index is -0.0984. The maximum atomic E-state index is 12.7. The van der Waals surface area contributed by atoms with Crippen molar-refractivity contribution in [3.05, 3.63) is 41.6 Å². The Morgan fingerprint density at radius 3 is 2.71 bits per heavy atom. The summed E-state index contributed by atoms with van der Waals surface area (Å²) in [6.45, 7) is 5.95. The van der Waals surface area contributed by atoms with Crippen LogP contribution in [-0.2, 0) is 11.3 Å². The molecule has 1 aromatic carbocycles.